The van der Waals surface area contributed by atoms with Crippen LogP contribution in [0.2, 0.25) is 5.28 Å². The van der Waals surface area contributed by atoms with E-state index in [-0.39, 0.29) is 62.8 Å². The van der Waals surface area contributed by atoms with Gasteiger partial charge in [-0.2, -0.15) is 4.98 Å². The summed E-state index contributed by atoms with van der Waals surface area (Å²) in [6.07, 6.45) is 5.66. The van der Waals surface area contributed by atoms with E-state index in [1.165, 1.54) is 35.3 Å². The number of sulfone groups is 2. The number of carbonyl (C=O) groups is 1. The van der Waals surface area contributed by atoms with Gasteiger partial charge in [-0.3, -0.25) is 24.1 Å². The van der Waals surface area contributed by atoms with Crippen LogP contribution >= 0.6 is 24.0 Å². The number of aromatic nitrogens is 6. The molecule has 19 heteroatoms. The summed E-state index contributed by atoms with van der Waals surface area (Å²) in [7, 11) is -2.72. The molecule has 1 saturated carbocycles. The SMILES string of the molecule is CCS(=O)(=O)c1ccc(CN)nc1.CCS(=O)(=O)c1ccc(CNc2nc3cnc(Cl)nc3n(C3CCCC3=O)c2=O)nc1.Cl.[3H][B]. The molecule has 4 aromatic heterocycles. The number of anilines is 1. The Labute approximate surface area is 280 Å². The number of nitrogens with two attached hydrogens (primary N) is 1. The maximum Gasteiger partial charge on any atom is 0.295 e. The molecule has 1 aliphatic carbocycles. The number of nitrogens with zero attached hydrogens (tertiary/aromatic N) is 6. The highest BCUT2D eigenvalue weighted by Gasteiger charge is 2.30. The zero-order chi connectivity index (χ0) is 34.1. The van der Waals surface area contributed by atoms with E-state index in [2.05, 4.69) is 38.6 Å². The molecule has 5 rings (SSSR count). The fraction of sp³-hybridized carbons (Fsp3) is 0.370. The first-order chi connectivity index (χ1) is 21.9. The van der Waals surface area contributed by atoms with Crippen LogP contribution in [0.4, 0.5) is 5.82 Å². The van der Waals surface area contributed by atoms with Crippen molar-refractivity contribution in [2.45, 2.75) is 62.0 Å². The van der Waals surface area contributed by atoms with Crippen molar-refractivity contribution in [3.63, 3.8) is 0 Å². The summed E-state index contributed by atoms with van der Waals surface area (Å²) in [5, 5.41) is 2.89. The molecular formula is C27H33BCl2N8O6S2. The lowest BCUT2D eigenvalue weighted by Crippen LogP contribution is -2.31. The topological polar surface area (TPSA) is 210 Å². The number of hydrogen-bond acceptors (Lipinski definition) is 13. The van der Waals surface area contributed by atoms with E-state index in [1.54, 1.807) is 26.0 Å². The molecule has 46 heavy (non-hydrogen) atoms. The molecule has 246 valence electrons. The third-order valence-corrected chi connectivity index (χ3v) is 10.5. The molecule has 3 N–H and O–H groups in total. The van der Waals surface area contributed by atoms with E-state index < -0.39 is 31.3 Å². The largest absolute Gasteiger partial charge is 0.360 e. The second-order valence-corrected chi connectivity index (χ2v) is 14.6. The van der Waals surface area contributed by atoms with Gasteiger partial charge in [-0.05, 0) is 50.0 Å². The first kappa shape index (κ1) is 37.0. The highest BCUT2D eigenvalue weighted by atomic mass is 35.5. The van der Waals surface area contributed by atoms with Crippen LogP contribution in [-0.4, -0.2) is 73.3 Å². The smallest absolute Gasteiger partial charge is 0.295 e. The zero-order valence-electron chi connectivity index (χ0n) is 26.0. The Bertz CT molecular complexity index is 1950. The van der Waals surface area contributed by atoms with E-state index in [0.717, 1.165) is 0 Å². The average molecular weight is 713 g/mol. The number of Topliss-reactive ketones (excluding diaryl/α,β-unsaturated/α-hetero) is 1. The fourth-order valence-electron chi connectivity index (χ4n) is 4.38. The van der Waals surface area contributed by atoms with E-state index in [4.69, 9.17) is 18.7 Å². The van der Waals surface area contributed by atoms with Crippen molar-refractivity contribution in [2.24, 2.45) is 5.73 Å². The van der Waals surface area contributed by atoms with Crippen molar-refractivity contribution < 1.29 is 21.6 Å². The second kappa shape index (κ2) is 16.4. The molecule has 1 fully saturated rings. The highest BCUT2D eigenvalue weighted by Crippen LogP contribution is 2.28. The summed E-state index contributed by atoms with van der Waals surface area (Å²) in [5.41, 5.74) is 6.58. The van der Waals surface area contributed by atoms with Crippen molar-refractivity contribution >= 4 is 74.8 Å². The molecule has 14 nitrogen and oxygen atoms in total. The van der Waals surface area contributed by atoms with E-state index in [1.807, 2.05) is 0 Å². The van der Waals surface area contributed by atoms with Gasteiger partial charge in [0.25, 0.3) is 5.56 Å². The van der Waals surface area contributed by atoms with Crippen LogP contribution in [0.3, 0.4) is 0 Å². The van der Waals surface area contributed by atoms with Gasteiger partial charge < -0.3 is 11.1 Å². The predicted octanol–water partition coefficient (Wildman–Crippen LogP) is 2.04. The molecule has 4 aromatic rings. The molecule has 0 aliphatic heterocycles. The molecule has 2 radical (unpaired) electrons. The van der Waals surface area contributed by atoms with Crippen LogP contribution in [0.5, 0.6) is 0 Å². The van der Waals surface area contributed by atoms with Crippen molar-refractivity contribution in [3.8, 4) is 0 Å². The van der Waals surface area contributed by atoms with E-state index >= 15 is 0 Å². The number of ketones is 1. The second-order valence-electron chi connectivity index (χ2n) is 9.69. The summed E-state index contributed by atoms with van der Waals surface area (Å²) >= 11 is 5.91. The number of fused-ring (bicyclic) bond motifs is 1. The number of carbonyl (C=O) groups excluding carboxylic acids is 1. The van der Waals surface area contributed by atoms with Gasteiger partial charge in [0.1, 0.15) is 5.52 Å². The predicted molar refractivity (Wildman–Crippen MR) is 178 cm³/mol. The van der Waals surface area contributed by atoms with Crippen LogP contribution in [0.25, 0.3) is 11.2 Å². The third-order valence-electron chi connectivity index (χ3n) is 6.91. The normalized spacial score (nSPS) is 14.7. The highest BCUT2D eigenvalue weighted by molar-refractivity contribution is 7.91. The number of pyridine rings is 2. The minimum atomic E-state index is -3.34. The third kappa shape index (κ3) is 8.85. The quantitative estimate of drug-likeness (QED) is 0.188. The average Bonchev–Trinajstić information content (AvgIpc) is 3.50. The van der Waals surface area contributed by atoms with Crippen molar-refractivity contribution in [1.82, 2.24) is 29.5 Å². The Morgan fingerprint density at radius 1 is 0.957 bits per heavy atom. The lowest BCUT2D eigenvalue weighted by Gasteiger charge is -2.16. The summed E-state index contributed by atoms with van der Waals surface area (Å²) in [6.45, 7) is 3.62. The van der Waals surface area contributed by atoms with Crippen LogP contribution in [0.15, 0.2) is 57.4 Å². The Balaban J connectivity index is 0.000000405. The first-order valence-corrected chi connectivity index (χ1v) is 17.3. The lowest BCUT2D eigenvalue weighted by molar-refractivity contribution is -0.120. The molecule has 0 aromatic carbocycles. The Kier molecular flexibility index (Phi) is 13.1. The molecule has 0 bridgehead atoms. The van der Waals surface area contributed by atoms with Crippen molar-refractivity contribution in [1.29, 1.82) is 1.34 Å². The number of halogens is 2. The van der Waals surface area contributed by atoms with E-state index in [9.17, 15) is 26.4 Å². The molecule has 0 spiro atoms. The summed E-state index contributed by atoms with van der Waals surface area (Å²) in [6, 6.07) is 5.58. The maximum atomic E-state index is 13.2. The molecular weight excluding hydrogens is 678 g/mol. The molecule has 1 atom stereocenters. The van der Waals surface area contributed by atoms with Crippen LogP contribution < -0.4 is 16.6 Å². The number of nitrogens with one attached hydrogen (secondary N) is 1. The van der Waals surface area contributed by atoms with Crippen molar-refractivity contribution in [3.05, 3.63) is 69.9 Å². The van der Waals surface area contributed by atoms with Gasteiger partial charge in [-0.1, -0.05) is 13.8 Å². The van der Waals surface area contributed by atoms with Gasteiger partial charge >= 0.3 is 0 Å². The number of hydrogen-bond donors (Lipinski definition) is 2. The first-order valence-electron chi connectivity index (χ1n) is 14.2. The minimum Gasteiger partial charge on any atom is -0.360 e. The Morgan fingerprint density at radius 3 is 2.02 bits per heavy atom. The minimum absolute atomic E-state index is 0. The molecule has 1 unspecified atom stereocenters. The summed E-state index contributed by atoms with van der Waals surface area (Å²) < 4.78 is 53.1. The number of rotatable bonds is 9. The van der Waals surface area contributed by atoms with Gasteiger partial charge in [0, 0.05) is 33.7 Å². The zero-order valence-corrected chi connectivity index (χ0v) is 28.2. The van der Waals surface area contributed by atoms with Crippen LogP contribution in [-0.2, 0) is 37.6 Å². The van der Waals surface area contributed by atoms with E-state index in [0.29, 0.717) is 42.7 Å². The monoisotopic (exact) mass is 712 g/mol. The summed E-state index contributed by atoms with van der Waals surface area (Å²) in [4.78, 5) is 46.3. The van der Waals surface area contributed by atoms with Crippen molar-refractivity contribution in [2.75, 3.05) is 16.8 Å². The van der Waals surface area contributed by atoms with Gasteiger partial charge in [0.05, 0.1) is 51.5 Å². The Morgan fingerprint density at radius 2 is 1.54 bits per heavy atom. The molecule has 4 heterocycles. The molecule has 1 aliphatic rings. The standard InChI is InChI=1S/C19H19ClN6O4S.C8H12N2O2S.BH.ClH/c1-2-31(29,30)12-7-6-11(21-9-12)8-22-16-18(28)26(14-4-3-5-15(14)27)17-13(24-16)10-23-19(20)25-17;1-2-13(11,12)8-4-3-7(5-9)10-6-8;;/h6-7,9-10,14H,2-5,8H2,1H3,(H,22,24);3-4,6H,2,5,9H2,1H3;2*1H/i;;1T;. The lowest BCUT2D eigenvalue weighted by atomic mass is 10.2. The van der Waals surface area contributed by atoms with Gasteiger partial charge in [0.2, 0.25) is 5.28 Å². The maximum absolute atomic E-state index is 13.2. The summed E-state index contributed by atoms with van der Waals surface area (Å²) in [5.74, 6) is 0.0602. The van der Waals surface area contributed by atoms with Gasteiger partial charge in [-0.15, -0.1) is 12.4 Å². The fourth-order valence-corrected chi connectivity index (χ4v) is 6.15. The molecule has 0 amide bonds. The Hall–Kier alpha value is -3.51. The van der Waals surface area contributed by atoms with Gasteiger partial charge in [-0.25, -0.2) is 26.8 Å². The molecule has 0 saturated heterocycles. The van der Waals surface area contributed by atoms with Gasteiger partial charge in [0.15, 0.2) is 36.9 Å². The van der Waals surface area contributed by atoms with Crippen LogP contribution in [0, 0.1) is 0 Å². The van der Waals surface area contributed by atoms with Crippen LogP contribution in [0.1, 0.15) is 50.5 Å².